The largest absolute Gasteiger partial charge is 0.487 e. The van der Waals surface area contributed by atoms with Crippen molar-refractivity contribution in [3.05, 3.63) is 59.7 Å². The van der Waals surface area contributed by atoms with E-state index in [-0.39, 0.29) is 25.1 Å². The third kappa shape index (κ3) is 5.65. The van der Waals surface area contributed by atoms with Crippen molar-refractivity contribution in [1.82, 2.24) is 10.0 Å². The van der Waals surface area contributed by atoms with E-state index in [0.29, 0.717) is 17.4 Å². The number of nitrogens with zero attached hydrogens (tertiary/aromatic N) is 1. The van der Waals surface area contributed by atoms with Gasteiger partial charge in [0, 0.05) is 13.0 Å². The molecule has 2 aromatic rings. The SMILES string of the molecule is CC(=O)N[C@@H]1CCCC[C@H]1Cc1ccc(N2CC(=O)NS2(=O)=O)c(OCc2ccccc2)c1. The summed E-state index contributed by atoms with van der Waals surface area (Å²) in [6.07, 6.45) is 4.94. The molecule has 0 radical (unpaired) electrons. The summed E-state index contributed by atoms with van der Waals surface area (Å²) in [6.45, 7) is 1.53. The Morgan fingerprint density at radius 2 is 1.88 bits per heavy atom. The van der Waals surface area contributed by atoms with Crippen LogP contribution >= 0.6 is 0 Å². The molecule has 1 saturated carbocycles. The van der Waals surface area contributed by atoms with Gasteiger partial charge in [0.1, 0.15) is 18.9 Å². The molecule has 9 heteroatoms. The molecular weight excluding hydrogens is 442 g/mol. The number of carbonyl (C=O) groups is 2. The van der Waals surface area contributed by atoms with Crippen LogP contribution in [0.4, 0.5) is 5.69 Å². The summed E-state index contributed by atoms with van der Waals surface area (Å²) in [6, 6.07) is 15.2. The molecule has 2 aromatic carbocycles. The van der Waals surface area contributed by atoms with E-state index in [1.807, 2.05) is 47.2 Å². The molecule has 4 rings (SSSR count). The van der Waals surface area contributed by atoms with Crippen LogP contribution in [-0.2, 0) is 32.8 Å². The van der Waals surface area contributed by atoms with Crippen molar-refractivity contribution in [2.75, 3.05) is 10.8 Å². The average Bonchev–Trinajstić information content (AvgIpc) is 3.06. The van der Waals surface area contributed by atoms with Gasteiger partial charge in [0.15, 0.2) is 0 Å². The second kappa shape index (κ2) is 9.82. The van der Waals surface area contributed by atoms with Crippen molar-refractivity contribution in [2.24, 2.45) is 5.92 Å². The number of hydrogen-bond acceptors (Lipinski definition) is 5. The van der Waals surface area contributed by atoms with E-state index in [4.69, 9.17) is 4.74 Å². The van der Waals surface area contributed by atoms with Gasteiger partial charge in [0.25, 0.3) is 5.91 Å². The Balaban J connectivity index is 1.61. The summed E-state index contributed by atoms with van der Waals surface area (Å²) < 4.78 is 34.0. The van der Waals surface area contributed by atoms with Crippen LogP contribution in [0.3, 0.4) is 0 Å². The van der Waals surface area contributed by atoms with E-state index in [1.165, 1.54) is 0 Å². The molecule has 2 aliphatic rings. The van der Waals surface area contributed by atoms with Gasteiger partial charge in [0.05, 0.1) is 5.69 Å². The maximum absolute atomic E-state index is 12.4. The molecule has 8 nitrogen and oxygen atoms in total. The predicted octanol–water partition coefficient (Wildman–Crippen LogP) is 2.68. The zero-order valence-electron chi connectivity index (χ0n) is 18.6. The Kier molecular flexibility index (Phi) is 6.88. The minimum absolute atomic E-state index is 0.0226. The van der Waals surface area contributed by atoms with Gasteiger partial charge in [-0.05, 0) is 48.4 Å². The Morgan fingerprint density at radius 3 is 2.58 bits per heavy atom. The normalized spacial score (nSPS) is 22.0. The first-order valence-electron chi connectivity index (χ1n) is 11.2. The average molecular weight is 472 g/mol. The molecule has 0 unspecified atom stereocenters. The molecule has 176 valence electrons. The van der Waals surface area contributed by atoms with Crippen LogP contribution in [0.1, 0.15) is 43.7 Å². The summed E-state index contributed by atoms with van der Waals surface area (Å²) in [5.41, 5.74) is 2.28. The van der Waals surface area contributed by atoms with Crippen molar-refractivity contribution in [3.8, 4) is 5.75 Å². The first kappa shape index (κ1) is 23.1. The highest BCUT2D eigenvalue weighted by Crippen LogP contribution is 2.35. The molecule has 1 aliphatic heterocycles. The number of nitrogens with one attached hydrogen (secondary N) is 2. The van der Waals surface area contributed by atoms with Crippen molar-refractivity contribution in [2.45, 2.75) is 51.7 Å². The summed E-state index contributed by atoms with van der Waals surface area (Å²) in [5, 5.41) is 3.08. The van der Waals surface area contributed by atoms with Gasteiger partial charge >= 0.3 is 10.2 Å². The molecular formula is C24H29N3O5S. The highest BCUT2D eigenvalue weighted by Gasteiger charge is 2.36. The summed E-state index contributed by atoms with van der Waals surface area (Å²) in [7, 11) is -3.95. The summed E-state index contributed by atoms with van der Waals surface area (Å²) in [5.74, 6) is 0.108. The van der Waals surface area contributed by atoms with E-state index in [0.717, 1.165) is 47.5 Å². The quantitative estimate of drug-likeness (QED) is 0.646. The molecule has 2 amide bonds. The highest BCUT2D eigenvalue weighted by molar-refractivity contribution is 7.92. The minimum atomic E-state index is -3.95. The van der Waals surface area contributed by atoms with Crippen molar-refractivity contribution >= 4 is 27.7 Å². The van der Waals surface area contributed by atoms with Gasteiger partial charge in [-0.2, -0.15) is 8.42 Å². The van der Waals surface area contributed by atoms with E-state index >= 15 is 0 Å². The van der Waals surface area contributed by atoms with E-state index in [1.54, 1.807) is 13.0 Å². The lowest BCUT2D eigenvalue weighted by molar-refractivity contribution is -0.120. The lowest BCUT2D eigenvalue weighted by Gasteiger charge is -2.32. The second-order valence-electron chi connectivity index (χ2n) is 8.67. The van der Waals surface area contributed by atoms with Crippen LogP contribution in [0, 0.1) is 5.92 Å². The van der Waals surface area contributed by atoms with Gasteiger partial charge < -0.3 is 10.1 Å². The fourth-order valence-corrected chi connectivity index (χ4v) is 5.77. The van der Waals surface area contributed by atoms with Crippen molar-refractivity contribution in [1.29, 1.82) is 0 Å². The maximum atomic E-state index is 12.4. The van der Waals surface area contributed by atoms with Gasteiger partial charge in [-0.25, -0.2) is 9.03 Å². The Bertz CT molecular complexity index is 1120. The number of ether oxygens (including phenoxy) is 1. The fourth-order valence-electron chi connectivity index (χ4n) is 4.61. The van der Waals surface area contributed by atoms with Gasteiger partial charge in [-0.15, -0.1) is 0 Å². The third-order valence-corrected chi connectivity index (χ3v) is 7.54. The zero-order valence-corrected chi connectivity index (χ0v) is 19.4. The topological polar surface area (TPSA) is 105 Å². The van der Waals surface area contributed by atoms with Gasteiger partial charge in [-0.3, -0.25) is 9.59 Å². The smallest absolute Gasteiger partial charge is 0.326 e. The number of anilines is 1. The van der Waals surface area contributed by atoms with Crippen molar-refractivity contribution in [3.63, 3.8) is 0 Å². The van der Waals surface area contributed by atoms with Gasteiger partial charge in [0.2, 0.25) is 5.91 Å². The third-order valence-electron chi connectivity index (χ3n) is 6.15. The van der Waals surface area contributed by atoms with Crippen LogP contribution in [0.15, 0.2) is 48.5 Å². The maximum Gasteiger partial charge on any atom is 0.326 e. The molecule has 2 fully saturated rings. The van der Waals surface area contributed by atoms with Crippen LogP contribution in [0.2, 0.25) is 0 Å². The number of benzene rings is 2. The monoisotopic (exact) mass is 471 g/mol. The van der Waals surface area contributed by atoms with Crippen LogP contribution in [0.5, 0.6) is 5.75 Å². The van der Waals surface area contributed by atoms with E-state index in [2.05, 4.69) is 5.32 Å². The molecule has 0 bridgehead atoms. The molecule has 2 atom stereocenters. The molecule has 33 heavy (non-hydrogen) atoms. The van der Waals surface area contributed by atoms with Crippen LogP contribution in [0.25, 0.3) is 0 Å². The second-order valence-corrected chi connectivity index (χ2v) is 10.3. The first-order valence-corrected chi connectivity index (χ1v) is 12.7. The first-order chi connectivity index (χ1) is 15.8. The molecule has 1 heterocycles. The molecule has 0 aromatic heterocycles. The highest BCUT2D eigenvalue weighted by atomic mass is 32.2. The van der Waals surface area contributed by atoms with E-state index in [9.17, 15) is 18.0 Å². The zero-order chi connectivity index (χ0) is 23.4. The predicted molar refractivity (Wildman–Crippen MR) is 125 cm³/mol. The minimum Gasteiger partial charge on any atom is -0.487 e. The van der Waals surface area contributed by atoms with Crippen LogP contribution < -0.4 is 19.1 Å². The molecule has 1 aliphatic carbocycles. The Hall–Kier alpha value is -3.07. The van der Waals surface area contributed by atoms with Crippen molar-refractivity contribution < 1.29 is 22.7 Å². The number of rotatable bonds is 7. The number of carbonyl (C=O) groups excluding carboxylic acids is 2. The van der Waals surface area contributed by atoms with E-state index < -0.39 is 16.1 Å². The Labute approximate surface area is 194 Å². The number of amides is 2. The molecule has 2 N–H and O–H groups in total. The van der Waals surface area contributed by atoms with Crippen LogP contribution in [-0.4, -0.2) is 32.8 Å². The lowest BCUT2D eigenvalue weighted by atomic mass is 9.80. The molecule has 0 spiro atoms. The standard InChI is InChI=1S/C24H29N3O5S/c1-17(28)25-21-10-6-5-9-20(21)13-19-11-12-22(27-15-24(29)26-33(27,30)31)23(14-19)32-16-18-7-3-2-4-8-18/h2-4,7-8,11-12,14,20-21H,5-6,9-10,13,15-16H2,1H3,(H,25,28)(H,26,29)/t20-,21+/m0/s1. The fraction of sp³-hybridized carbons (Fsp3) is 0.417. The lowest BCUT2D eigenvalue weighted by Crippen LogP contribution is -2.41. The number of hydrogen-bond donors (Lipinski definition) is 2. The summed E-state index contributed by atoms with van der Waals surface area (Å²) in [4.78, 5) is 23.4. The van der Waals surface area contributed by atoms with Gasteiger partial charge in [-0.1, -0.05) is 49.2 Å². The molecule has 1 saturated heterocycles. The summed E-state index contributed by atoms with van der Waals surface area (Å²) >= 11 is 0. The Morgan fingerprint density at radius 1 is 1.12 bits per heavy atom.